The highest BCUT2D eigenvalue weighted by Crippen LogP contribution is 2.25. The minimum absolute atomic E-state index is 0.116. The summed E-state index contributed by atoms with van der Waals surface area (Å²) in [7, 11) is 1.66. The van der Waals surface area contributed by atoms with Crippen molar-refractivity contribution in [2.24, 2.45) is 5.10 Å². The Kier molecular flexibility index (Phi) is 6.05. The molecule has 26 heavy (non-hydrogen) atoms. The Morgan fingerprint density at radius 2 is 2.00 bits per heavy atom. The molecule has 0 radical (unpaired) electrons. The molecule has 1 atom stereocenters. The van der Waals surface area contributed by atoms with E-state index < -0.39 is 0 Å². The topological polar surface area (TPSA) is 41.9 Å². The number of benzene rings is 2. The fraction of sp³-hybridized carbons (Fsp3) is 0.364. The molecule has 2 aromatic rings. The zero-order chi connectivity index (χ0) is 18.4. The zero-order valence-corrected chi connectivity index (χ0v) is 15.5. The van der Waals surface area contributed by atoms with Crippen molar-refractivity contribution in [3.63, 3.8) is 0 Å². The van der Waals surface area contributed by atoms with E-state index in [0.29, 0.717) is 6.42 Å². The second kappa shape index (κ2) is 8.65. The van der Waals surface area contributed by atoms with Crippen molar-refractivity contribution < 1.29 is 9.53 Å². The molecule has 4 nitrogen and oxygen atoms in total. The zero-order valence-electron chi connectivity index (χ0n) is 15.5. The first-order valence-electron chi connectivity index (χ1n) is 9.29. The smallest absolute Gasteiger partial charge is 0.242 e. The van der Waals surface area contributed by atoms with Gasteiger partial charge in [0.05, 0.1) is 18.9 Å². The van der Waals surface area contributed by atoms with Crippen LogP contribution in [-0.4, -0.2) is 29.8 Å². The number of carbonyl (C=O) groups is 1. The van der Waals surface area contributed by atoms with Gasteiger partial charge in [-0.2, -0.15) is 5.10 Å². The van der Waals surface area contributed by atoms with E-state index in [1.165, 1.54) is 5.56 Å². The molecule has 0 aromatic heterocycles. The average Bonchev–Trinajstić information content (AvgIpc) is 3.13. The van der Waals surface area contributed by atoms with E-state index in [-0.39, 0.29) is 11.9 Å². The number of amides is 1. The summed E-state index contributed by atoms with van der Waals surface area (Å²) in [6.07, 6.45) is 4.00. The van der Waals surface area contributed by atoms with Crippen LogP contribution in [0.5, 0.6) is 5.75 Å². The summed E-state index contributed by atoms with van der Waals surface area (Å²) in [6, 6.07) is 18.3. The number of ether oxygens (including phenoxy) is 1. The normalized spacial score (nSPS) is 16.5. The van der Waals surface area contributed by atoms with E-state index in [9.17, 15) is 4.79 Å². The van der Waals surface area contributed by atoms with Crippen LogP contribution in [0.1, 0.15) is 43.7 Å². The fourth-order valence-electron chi connectivity index (χ4n) is 3.32. The molecule has 4 heteroatoms. The lowest BCUT2D eigenvalue weighted by molar-refractivity contribution is -0.133. The summed E-state index contributed by atoms with van der Waals surface area (Å²) in [5.41, 5.74) is 3.27. The first-order chi connectivity index (χ1) is 12.7. The highest BCUT2D eigenvalue weighted by molar-refractivity contribution is 6.03. The molecular formula is C22H26N2O2. The number of carbonyl (C=O) groups excluding carboxylic acids is 1. The predicted octanol–water partition coefficient (Wildman–Crippen LogP) is 4.43. The maximum Gasteiger partial charge on any atom is 0.242 e. The van der Waals surface area contributed by atoms with Crippen molar-refractivity contribution in [2.45, 2.75) is 45.1 Å². The van der Waals surface area contributed by atoms with Crippen LogP contribution in [0.15, 0.2) is 59.7 Å². The van der Waals surface area contributed by atoms with Crippen LogP contribution < -0.4 is 4.74 Å². The Morgan fingerprint density at radius 1 is 1.19 bits per heavy atom. The molecule has 0 aliphatic carbocycles. The molecule has 3 rings (SSSR count). The Balaban J connectivity index is 1.64. The highest BCUT2D eigenvalue weighted by Gasteiger charge is 2.30. The van der Waals surface area contributed by atoms with Gasteiger partial charge in [0, 0.05) is 18.4 Å². The third-order valence-electron chi connectivity index (χ3n) is 4.83. The van der Waals surface area contributed by atoms with Gasteiger partial charge in [0.25, 0.3) is 0 Å². The first kappa shape index (κ1) is 18.2. The van der Waals surface area contributed by atoms with E-state index in [2.05, 4.69) is 24.2 Å². The second-order valence-electron chi connectivity index (χ2n) is 6.62. The third kappa shape index (κ3) is 4.31. The van der Waals surface area contributed by atoms with Crippen molar-refractivity contribution >= 4 is 11.6 Å². The number of aryl methyl sites for hydroxylation is 1. The Bertz CT molecular complexity index is 771. The van der Waals surface area contributed by atoms with Crippen LogP contribution >= 0.6 is 0 Å². The van der Waals surface area contributed by atoms with E-state index >= 15 is 0 Å². The third-order valence-corrected chi connectivity index (χ3v) is 4.83. The van der Waals surface area contributed by atoms with Crippen LogP contribution in [-0.2, 0) is 11.2 Å². The monoisotopic (exact) mass is 350 g/mol. The summed E-state index contributed by atoms with van der Waals surface area (Å²) in [5, 5.41) is 6.36. The summed E-state index contributed by atoms with van der Waals surface area (Å²) < 4.78 is 5.30. The lowest BCUT2D eigenvalue weighted by Gasteiger charge is -2.20. The van der Waals surface area contributed by atoms with Crippen molar-refractivity contribution in [1.29, 1.82) is 0 Å². The second-order valence-corrected chi connectivity index (χ2v) is 6.62. The molecule has 1 aliphatic heterocycles. The number of hydrogen-bond acceptors (Lipinski definition) is 3. The molecule has 0 saturated carbocycles. The Labute approximate surface area is 155 Å². The van der Waals surface area contributed by atoms with E-state index in [4.69, 9.17) is 4.74 Å². The van der Waals surface area contributed by atoms with Crippen molar-refractivity contribution in [1.82, 2.24) is 5.01 Å². The molecule has 2 aromatic carbocycles. The minimum atomic E-state index is 0.116. The highest BCUT2D eigenvalue weighted by atomic mass is 16.5. The van der Waals surface area contributed by atoms with Crippen molar-refractivity contribution in [3.8, 4) is 5.75 Å². The minimum Gasteiger partial charge on any atom is -0.497 e. The molecular weight excluding hydrogens is 324 g/mol. The Hall–Kier alpha value is -2.62. The molecule has 0 saturated heterocycles. The van der Waals surface area contributed by atoms with Gasteiger partial charge >= 0.3 is 0 Å². The molecule has 1 aliphatic rings. The van der Waals surface area contributed by atoms with Crippen LogP contribution in [0.2, 0.25) is 0 Å². The number of methoxy groups -OCH3 is 1. The Morgan fingerprint density at radius 3 is 2.73 bits per heavy atom. The van der Waals surface area contributed by atoms with Gasteiger partial charge in [-0.3, -0.25) is 4.79 Å². The predicted molar refractivity (Wildman–Crippen MR) is 104 cm³/mol. The van der Waals surface area contributed by atoms with Gasteiger partial charge in [-0.05, 0) is 37.0 Å². The molecule has 136 valence electrons. The number of nitrogens with zero attached hydrogens (tertiary/aromatic N) is 2. The number of rotatable bonds is 7. The maximum atomic E-state index is 12.7. The molecule has 1 heterocycles. The van der Waals surface area contributed by atoms with E-state index in [0.717, 1.165) is 42.7 Å². The lowest BCUT2D eigenvalue weighted by atomic mass is 10.0. The van der Waals surface area contributed by atoms with Gasteiger partial charge in [0.15, 0.2) is 0 Å². The van der Waals surface area contributed by atoms with E-state index in [1.54, 1.807) is 12.1 Å². The van der Waals surface area contributed by atoms with Gasteiger partial charge in [-0.15, -0.1) is 0 Å². The van der Waals surface area contributed by atoms with Gasteiger partial charge in [0.1, 0.15) is 5.75 Å². The molecule has 0 bridgehead atoms. The molecule has 1 amide bonds. The standard InChI is InChI=1S/C22H26N2O2/c1-3-19-16-21(18-12-8-13-20(15-18)26-2)23-24(19)22(25)14-7-11-17-9-5-4-6-10-17/h4-6,8-10,12-13,15,19H,3,7,11,14,16H2,1-2H3. The molecule has 0 spiro atoms. The summed E-state index contributed by atoms with van der Waals surface area (Å²) in [6.45, 7) is 2.11. The van der Waals surface area contributed by atoms with Crippen molar-refractivity contribution in [3.05, 3.63) is 65.7 Å². The number of hydrogen-bond donors (Lipinski definition) is 0. The quantitative estimate of drug-likeness (QED) is 0.741. The van der Waals surface area contributed by atoms with Crippen molar-refractivity contribution in [2.75, 3.05) is 7.11 Å². The molecule has 0 N–H and O–H groups in total. The van der Waals surface area contributed by atoms with Gasteiger partial charge in [-0.25, -0.2) is 5.01 Å². The van der Waals surface area contributed by atoms with Gasteiger partial charge in [-0.1, -0.05) is 49.4 Å². The van der Waals surface area contributed by atoms with E-state index in [1.807, 2.05) is 42.5 Å². The lowest BCUT2D eigenvalue weighted by Crippen LogP contribution is -2.32. The summed E-state index contributed by atoms with van der Waals surface area (Å²) in [4.78, 5) is 12.7. The average molecular weight is 350 g/mol. The molecule has 1 unspecified atom stereocenters. The maximum absolute atomic E-state index is 12.7. The van der Waals surface area contributed by atoms with Crippen LogP contribution in [0.3, 0.4) is 0 Å². The molecule has 0 fully saturated rings. The largest absolute Gasteiger partial charge is 0.497 e. The fourth-order valence-corrected chi connectivity index (χ4v) is 3.32. The summed E-state index contributed by atoms with van der Waals surface area (Å²) in [5.74, 6) is 0.927. The number of hydrazone groups is 1. The summed E-state index contributed by atoms with van der Waals surface area (Å²) >= 11 is 0. The van der Waals surface area contributed by atoms with Gasteiger partial charge in [0.2, 0.25) is 5.91 Å². The van der Waals surface area contributed by atoms with Crippen LogP contribution in [0.4, 0.5) is 0 Å². The first-order valence-corrected chi connectivity index (χ1v) is 9.29. The SMILES string of the molecule is CCC1CC(c2cccc(OC)c2)=NN1C(=O)CCCc1ccccc1. The van der Waals surface area contributed by atoms with Gasteiger partial charge < -0.3 is 4.74 Å². The van der Waals surface area contributed by atoms with Crippen LogP contribution in [0, 0.1) is 0 Å². The van der Waals surface area contributed by atoms with Crippen LogP contribution in [0.25, 0.3) is 0 Å².